The summed E-state index contributed by atoms with van der Waals surface area (Å²) in [7, 11) is 1.26. The summed E-state index contributed by atoms with van der Waals surface area (Å²) >= 11 is 0. The molecule has 178 valence electrons. The van der Waals surface area contributed by atoms with Gasteiger partial charge in [-0.2, -0.15) is 0 Å². The van der Waals surface area contributed by atoms with Crippen LogP contribution < -0.4 is 15.4 Å². The summed E-state index contributed by atoms with van der Waals surface area (Å²) in [5, 5.41) is 5.39. The van der Waals surface area contributed by atoms with E-state index >= 15 is 0 Å². The largest absolute Gasteiger partial charge is 0.491 e. The molecule has 0 spiro atoms. The summed E-state index contributed by atoms with van der Waals surface area (Å²) in [6, 6.07) is 12.6. The van der Waals surface area contributed by atoms with Crippen molar-refractivity contribution in [1.82, 2.24) is 10.6 Å². The fourth-order valence-electron chi connectivity index (χ4n) is 2.88. The quantitative estimate of drug-likeness (QED) is 0.579. The van der Waals surface area contributed by atoms with Crippen molar-refractivity contribution in [1.29, 1.82) is 0 Å². The first-order valence-corrected chi connectivity index (χ1v) is 10.7. The van der Waals surface area contributed by atoms with E-state index in [0.29, 0.717) is 16.9 Å². The van der Waals surface area contributed by atoms with Gasteiger partial charge in [0.2, 0.25) is 0 Å². The lowest BCUT2D eigenvalue weighted by Gasteiger charge is -2.20. The second kappa shape index (κ2) is 11.4. The van der Waals surface area contributed by atoms with Crippen LogP contribution >= 0.6 is 0 Å². The Morgan fingerprint density at radius 1 is 0.939 bits per heavy atom. The first-order valence-electron chi connectivity index (χ1n) is 10.7. The molecule has 8 nitrogen and oxygen atoms in total. The average molecular weight is 457 g/mol. The number of methoxy groups -OCH3 is 1. The second-order valence-corrected chi connectivity index (χ2v) is 8.72. The number of carbonyl (C=O) groups is 3. The molecule has 0 saturated carbocycles. The molecule has 2 rings (SSSR count). The predicted octanol–water partition coefficient (Wildman–Crippen LogP) is 4.14. The lowest BCUT2D eigenvalue weighted by atomic mass is 10.0. The molecule has 2 aromatic rings. The van der Waals surface area contributed by atoms with Crippen LogP contribution in [-0.2, 0) is 20.8 Å². The van der Waals surface area contributed by atoms with Crippen LogP contribution in [0, 0.1) is 0 Å². The molecule has 0 radical (unpaired) electrons. The molecular weight excluding hydrogens is 424 g/mol. The third-order valence-electron chi connectivity index (χ3n) is 4.35. The second-order valence-electron chi connectivity index (χ2n) is 8.72. The normalized spacial score (nSPS) is 12.0. The number of rotatable bonds is 8. The standard InChI is InChI=1S/C25H32N2O6/c1-16(2)32-20-13-11-19(12-14-20)22(28)27-21(23(29)31-6)18-9-7-17(8-10-18)15-26-24(30)33-25(3,4)5/h7-14,16,21H,15H2,1-6H3,(H,26,30)(H,27,28). The maximum atomic E-state index is 12.7. The van der Waals surface area contributed by atoms with Gasteiger partial charge in [-0.3, -0.25) is 4.79 Å². The molecule has 2 N–H and O–H groups in total. The minimum Gasteiger partial charge on any atom is -0.491 e. The van der Waals surface area contributed by atoms with E-state index in [1.807, 2.05) is 13.8 Å². The van der Waals surface area contributed by atoms with E-state index < -0.39 is 29.6 Å². The number of nitrogens with one attached hydrogen (secondary N) is 2. The number of hydrogen-bond acceptors (Lipinski definition) is 6. The van der Waals surface area contributed by atoms with Crippen LogP contribution in [0.4, 0.5) is 4.79 Å². The monoisotopic (exact) mass is 456 g/mol. The van der Waals surface area contributed by atoms with E-state index in [1.165, 1.54) is 7.11 Å². The molecule has 2 amide bonds. The van der Waals surface area contributed by atoms with Gasteiger partial charge in [0.05, 0.1) is 13.2 Å². The van der Waals surface area contributed by atoms with Gasteiger partial charge in [-0.25, -0.2) is 9.59 Å². The van der Waals surface area contributed by atoms with E-state index in [0.717, 1.165) is 5.56 Å². The van der Waals surface area contributed by atoms with Crippen LogP contribution in [0.1, 0.15) is 62.1 Å². The Morgan fingerprint density at radius 3 is 2.06 bits per heavy atom. The van der Waals surface area contributed by atoms with Gasteiger partial charge in [0.15, 0.2) is 6.04 Å². The molecule has 0 aliphatic rings. The van der Waals surface area contributed by atoms with Gasteiger partial charge in [-0.15, -0.1) is 0 Å². The summed E-state index contributed by atoms with van der Waals surface area (Å²) in [5.41, 5.74) is 1.16. The van der Waals surface area contributed by atoms with E-state index in [4.69, 9.17) is 14.2 Å². The van der Waals surface area contributed by atoms with Crippen LogP contribution in [0.15, 0.2) is 48.5 Å². The minimum atomic E-state index is -0.984. The molecule has 1 atom stereocenters. The van der Waals surface area contributed by atoms with Gasteiger partial charge < -0.3 is 24.8 Å². The lowest BCUT2D eigenvalue weighted by molar-refractivity contribution is -0.143. The number of alkyl carbamates (subject to hydrolysis) is 1. The molecule has 0 fully saturated rings. The number of ether oxygens (including phenoxy) is 3. The number of hydrogen-bond donors (Lipinski definition) is 2. The molecule has 8 heteroatoms. The van der Waals surface area contributed by atoms with Crippen LogP contribution in [0.25, 0.3) is 0 Å². The zero-order chi connectivity index (χ0) is 24.6. The number of carbonyl (C=O) groups excluding carboxylic acids is 3. The van der Waals surface area contributed by atoms with E-state index in [2.05, 4.69) is 10.6 Å². The fourth-order valence-corrected chi connectivity index (χ4v) is 2.88. The van der Waals surface area contributed by atoms with Crippen molar-refractivity contribution < 1.29 is 28.6 Å². The Hall–Kier alpha value is -3.55. The van der Waals surface area contributed by atoms with Crippen LogP contribution in [0.5, 0.6) is 5.75 Å². The first kappa shape index (κ1) is 25.7. The molecular formula is C25H32N2O6. The number of esters is 1. The molecule has 0 heterocycles. The Morgan fingerprint density at radius 2 is 1.55 bits per heavy atom. The van der Waals surface area contributed by atoms with Crippen LogP contribution in [0.3, 0.4) is 0 Å². The summed E-state index contributed by atoms with van der Waals surface area (Å²) in [5.74, 6) is -0.360. The van der Waals surface area contributed by atoms with Gasteiger partial charge in [-0.05, 0) is 70.0 Å². The summed E-state index contributed by atoms with van der Waals surface area (Å²) in [6.45, 7) is 9.46. The van der Waals surface area contributed by atoms with Crippen molar-refractivity contribution in [3.05, 3.63) is 65.2 Å². The fraction of sp³-hybridized carbons (Fsp3) is 0.400. The maximum Gasteiger partial charge on any atom is 0.407 e. The molecule has 0 aliphatic heterocycles. The smallest absolute Gasteiger partial charge is 0.407 e. The van der Waals surface area contributed by atoms with Gasteiger partial charge in [-0.1, -0.05) is 24.3 Å². The van der Waals surface area contributed by atoms with Crippen molar-refractivity contribution in [3.63, 3.8) is 0 Å². The van der Waals surface area contributed by atoms with Crippen LogP contribution in [-0.4, -0.2) is 36.8 Å². The topological polar surface area (TPSA) is 103 Å². The maximum absolute atomic E-state index is 12.7. The Labute approximate surface area is 194 Å². The molecule has 0 saturated heterocycles. The molecule has 2 aromatic carbocycles. The highest BCUT2D eigenvalue weighted by molar-refractivity contribution is 5.97. The molecule has 33 heavy (non-hydrogen) atoms. The Balaban J connectivity index is 2.06. The minimum absolute atomic E-state index is 0.0238. The van der Waals surface area contributed by atoms with Gasteiger partial charge in [0, 0.05) is 12.1 Å². The van der Waals surface area contributed by atoms with Crippen molar-refractivity contribution in [3.8, 4) is 5.75 Å². The highest BCUT2D eigenvalue weighted by Crippen LogP contribution is 2.19. The van der Waals surface area contributed by atoms with Gasteiger partial charge >= 0.3 is 12.1 Å². The van der Waals surface area contributed by atoms with Crippen LogP contribution in [0.2, 0.25) is 0 Å². The van der Waals surface area contributed by atoms with Crippen molar-refractivity contribution in [2.45, 2.75) is 58.9 Å². The number of benzene rings is 2. The third-order valence-corrected chi connectivity index (χ3v) is 4.35. The molecule has 1 unspecified atom stereocenters. The zero-order valence-electron chi connectivity index (χ0n) is 19.9. The van der Waals surface area contributed by atoms with Crippen molar-refractivity contribution >= 4 is 18.0 Å². The summed E-state index contributed by atoms with van der Waals surface area (Å²) in [6.07, 6.45) is -0.494. The highest BCUT2D eigenvalue weighted by atomic mass is 16.6. The zero-order valence-corrected chi connectivity index (χ0v) is 19.9. The van der Waals surface area contributed by atoms with E-state index in [9.17, 15) is 14.4 Å². The van der Waals surface area contributed by atoms with Gasteiger partial charge in [0.25, 0.3) is 5.91 Å². The average Bonchev–Trinajstić information content (AvgIpc) is 2.74. The Bertz CT molecular complexity index is 946. The first-order chi connectivity index (χ1) is 15.5. The van der Waals surface area contributed by atoms with Gasteiger partial charge in [0.1, 0.15) is 11.4 Å². The third kappa shape index (κ3) is 8.48. The lowest BCUT2D eigenvalue weighted by Crippen LogP contribution is -2.34. The van der Waals surface area contributed by atoms with Crippen molar-refractivity contribution in [2.24, 2.45) is 0 Å². The van der Waals surface area contributed by atoms with E-state index in [-0.39, 0.29) is 12.6 Å². The predicted molar refractivity (Wildman–Crippen MR) is 124 cm³/mol. The SMILES string of the molecule is COC(=O)C(NC(=O)c1ccc(OC(C)C)cc1)c1ccc(CNC(=O)OC(C)(C)C)cc1. The Kier molecular flexibility index (Phi) is 8.85. The molecule has 0 aliphatic carbocycles. The summed E-state index contributed by atoms with van der Waals surface area (Å²) in [4.78, 5) is 36.9. The molecule has 0 aromatic heterocycles. The number of amides is 2. The summed E-state index contributed by atoms with van der Waals surface area (Å²) < 4.78 is 15.7. The highest BCUT2D eigenvalue weighted by Gasteiger charge is 2.24. The van der Waals surface area contributed by atoms with E-state index in [1.54, 1.807) is 69.3 Å². The van der Waals surface area contributed by atoms with Crippen molar-refractivity contribution in [2.75, 3.05) is 7.11 Å². The molecule has 0 bridgehead atoms.